The third-order valence-electron chi connectivity index (χ3n) is 3.06. The number of carboxylic acid groups (broad SMARTS) is 1. The van der Waals surface area contributed by atoms with E-state index < -0.39 is 17.4 Å². The molecule has 1 atom stereocenters. The minimum Gasteiger partial charge on any atom is -0.479 e. The van der Waals surface area contributed by atoms with Crippen molar-refractivity contribution in [3.05, 3.63) is 34.9 Å². The summed E-state index contributed by atoms with van der Waals surface area (Å²) in [6.07, 6.45) is 0. The molecule has 1 aromatic carbocycles. The van der Waals surface area contributed by atoms with Crippen molar-refractivity contribution in [3.63, 3.8) is 0 Å². The van der Waals surface area contributed by atoms with Gasteiger partial charge in [-0.25, -0.2) is 4.79 Å². The van der Waals surface area contributed by atoms with Gasteiger partial charge in [0, 0.05) is 12.7 Å². The number of nitrogens with one attached hydrogen (secondary N) is 1. The second-order valence-corrected chi connectivity index (χ2v) is 4.61. The first-order chi connectivity index (χ1) is 8.35. The van der Waals surface area contributed by atoms with Gasteiger partial charge in [-0.3, -0.25) is 4.79 Å². The number of thiol groups is 1. The molecule has 0 aromatic heterocycles. The molecule has 98 valence electrons. The predicted octanol–water partition coefficient (Wildman–Crippen LogP) is 1.65. The zero-order chi connectivity index (χ0) is 13.9. The van der Waals surface area contributed by atoms with E-state index in [-0.39, 0.29) is 5.75 Å². The Labute approximate surface area is 112 Å². The van der Waals surface area contributed by atoms with Gasteiger partial charge in [-0.1, -0.05) is 18.2 Å². The maximum Gasteiger partial charge on any atom is 0.335 e. The topological polar surface area (TPSA) is 66.4 Å². The lowest BCUT2D eigenvalue weighted by Crippen LogP contribution is -2.53. The standard InChI is InChI=1S/C13H17NO3S/c1-8-5-4-6-11(9(8)2)13(7-18,12(16)17)14-10(3)15/h4-6,18H,7H2,1-3H3,(H,14,15)(H,16,17)/t13-/m1/s1. The minimum atomic E-state index is -1.48. The third-order valence-corrected chi connectivity index (χ3v) is 3.53. The van der Waals surface area contributed by atoms with Crippen LogP contribution >= 0.6 is 12.6 Å². The molecule has 0 saturated carbocycles. The normalized spacial score (nSPS) is 13.8. The Kier molecular flexibility index (Phi) is 4.40. The van der Waals surface area contributed by atoms with Gasteiger partial charge < -0.3 is 10.4 Å². The molecule has 18 heavy (non-hydrogen) atoms. The molecule has 4 nitrogen and oxygen atoms in total. The zero-order valence-corrected chi connectivity index (χ0v) is 11.5. The van der Waals surface area contributed by atoms with Crippen molar-refractivity contribution in [3.8, 4) is 0 Å². The van der Waals surface area contributed by atoms with Gasteiger partial charge in [0.15, 0.2) is 5.54 Å². The highest BCUT2D eigenvalue weighted by molar-refractivity contribution is 7.80. The summed E-state index contributed by atoms with van der Waals surface area (Å²) in [5.74, 6) is -1.51. The summed E-state index contributed by atoms with van der Waals surface area (Å²) in [7, 11) is 0. The quantitative estimate of drug-likeness (QED) is 0.727. The number of carbonyl (C=O) groups is 2. The molecular formula is C13H17NO3S. The van der Waals surface area contributed by atoms with Crippen molar-refractivity contribution >= 4 is 24.5 Å². The van der Waals surface area contributed by atoms with Crippen LogP contribution in [-0.2, 0) is 15.1 Å². The fourth-order valence-corrected chi connectivity index (χ4v) is 2.33. The van der Waals surface area contributed by atoms with Crippen LogP contribution in [0.2, 0.25) is 0 Å². The number of hydrogen-bond acceptors (Lipinski definition) is 3. The lowest BCUT2D eigenvalue weighted by atomic mass is 9.86. The highest BCUT2D eigenvalue weighted by Crippen LogP contribution is 2.28. The highest BCUT2D eigenvalue weighted by atomic mass is 32.1. The Hall–Kier alpha value is -1.49. The average molecular weight is 267 g/mol. The lowest BCUT2D eigenvalue weighted by Gasteiger charge is -2.30. The summed E-state index contributed by atoms with van der Waals surface area (Å²) in [4.78, 5) is 22.9. The number of benzene rings is 1. The molecule has 5 heteroatoms. The van der Waals surface area contributed by atoms with Crippen LogP contribution in [0.25, 0.3) is 0 Å². The van der Waals surface area contributed by atoms with E-state index in [1.807, 2.05) is 19.9 Å². The average Bonchev–Trinajstić information content (AvgIpc) is 2.29. The summed E-state index contributed by atoms with van der Waals surface area (Å²) in [5, 5.41) is 12.0. The molecule has 1 amide bonds. The summed E-state index contributed by atoms with van der Waals surface area (Å²) in [6.45, 7) is 5.04. The molecule has 0 heterocycles. The molecular weight excluding hydrogens is 250 g/mol. The number of aryl methyl sites for hydroxylation is 1. The highest BCUT2D eigenvalue weighted by Gasteiger charge is 2.41. The summed E-state index contributed by atoms with van der Waals surface area (Å²) in [6, 6.07) is 5.39. The second-order valence-electron chi connectivity index (χ2n) is 4.30. The van der Waals surface area contributed by atoms with Crippen LogP contribution in [-0.4, -0.2) is 22.7 Å². The fourth-order valence-electron chi connectivity index (χ4n) is 1.94. The van der Waals surface area contributed by atoms with E-state index in [2.05, 4.69) is 17.9 Å². The third kappa shape index (κ3) is 2.51. The van der Waals surface area contributed by atoms with Gasteiger partial charge in [0.1, 0.15) is 0 Å². The lowest BCUT2D eigenvalue weighted by molar-refractivity contribution is -0.146. The predicted molar refractivity (Wildman–Crippen MR) is 72.9 cm³/mol. The number of amides is 1. The van der Waals surface area contributed by atoms with Crippen LogP contribution in [0.5, 0.6) is 0 Å². The van der Waals surface area contributed by atoms with E-state index in [0.29, 0.717) is 5.56 Å². The van der Waals surface area contributed by atoms with E-state index in [4.69, 9.17) is 0 Å². The Morgan fingerprint density at radius 1 is 1.39 bits per heavy atom. The molecule has 0 unspecified atom stereocenters. The largest absolute Gasteiger partial charge is 0.479 e. The van der Waals surface area contributed by atoms with Crippen LogP contribution in [0, 0.1) is 13.8 Å². The number of carboxylic acids is 1. The van der Waals surface area contributed by atoms with E-state index in [1.54, 1.807) is 12.1 Å². The minimum absolute atomic E-state index is 0.00773. The van der Waals surface area contributed by atoms with E-state index >= 15 is 0 Å². The van der Waals surface area contributed by atoms with Gasteiger partial charge >= 0.3 is 5.97 Å². The molecule has 1 aromatic rings. The fraction of sp³-hybridized carbons (Fsp3) is 0.385. The maximum atomic E-state index is 11.6. The molecule has 0 fully saturated rings. The molecule has 0 spiro atoms. The van der Waals surface area contributed by atoms with Crippen molar-refractivity contribution in [2.24, 2.45) is 0 Å². The zero-order valence-electron chi connectivity index (χ0n) is 10.7. The van der Waals surface area contributed by atoms with Crippen LogP contribution in [0.1, 0.15) is 23.6 Å². The summed E-state index contributed by atoms with van der Waals surface area (Å²) < 4.78 is 0. The molecule has 0 aliphatic rings. The first-order valence-electron chi connectivity index (χ1n) is 5.55. The van der Waals surface area contributed by atoms with E-state index in [9.17, 15) is 14.7 Å². The van der Waals surface area contributed by atoms with E-state index in [1.165, 1.54) is 6.92 Å². The SMILES string of the molecule is CC(=O)N[C@@](CS)(C(=O)O)c1cccc(C)c1C. The molecule has 2 N–H and O–H groups in total. The Morgan fingerprint density at radius 3 is 2.44 bits per heavy atom. The van der Waals surface area contributed by atoms with Crippen LogP contribution in [0.15, 0.2) is 18.2 Å². The van der Waals surface area contributed by atoms with E-state index in [0.717, 1.165) is 11.1 Å². The van der Waals surface area contributed by atoms with Crippen molar-refractivity contribution in [2.75, 3.05) is 5.75 Å². The number of rotatable bonds is 4. The van der Waals surface area contributed by atoms with Crippen LogP contribution < -0.4 is 5.32 Å². The monoisotopic (exact) mass is 267 g/mol. The maximum absolute atomic E-state index is 11.6. The van der Waals surface area contributed by atoms with Gasteiger partial charge in [0.25, 0.3) is 0 Å². The number of hydrogen-bond donors (Lipinski definition) is 3. The Bertz CT molecular complexity index is 487. The van der Waals surface area contributed by atoms with Gasteiger partial charge in [-0.2, -0.15) is 12.6 Å². The van der Waals surface area contributed by atoms with Gasteiger partial charge in [-0.15, -0.1) is 0 Å². The van der Waals surface area contributed by atoms with Crippen LogP contribution in [0.4, 0.5) is 0 Å². The number of aliphatic carboxylic acids is 1. The Morgan fingerprint density at radius 2 is 2.00 bits per heavy atom. The second kappa shape index (κ2) is 5.44. The molecule has 0 saturated heterocycles. The smallest absolute Gasteiger partial charge is 0.335 e. The van der Waals surface area contributed by atoms with Crippen LogP contribution in [0.3, 0.4) is 0 Å². The summed E-state index contributed by atoms with van der Waals surface area (Å²) in [5.41, 5.74) is 0.915. The summed E-state index contributed by atoms with van der Waals surface area (Å²) >= 11 is 4.11. The van der Waals surface area contributed by atoms with Crippen molar-refractivity contribution < 1.29 is 14.7 Å². The van der Waals surface area contributed by atoms with Crippen molar-refractivity contribution in [1.82, 2.24) is 5.32 Å². The molecule has 0 bridgehead atoms. The van der Waals surface area contributed by atoms with Gasteiger partial charge in [0.05, 0.1) is 0 Å². The Balaban J connectivity index is 3.47. The van der Waals surface area contributed by atoms with Gasteiger partial charge in [0.2, 0.25) is 5.91 Å². The molecule has 0 aliphatic heterocycles. The van der Waals surface area contributed by atoms with Crippen molar-refractivity contribution in [1.29, 1.82) is 0 Å². The molecule has 0 aliphatic carbocycles. The molecule has 1 rings (SSSR count). The number of carbonyl (C=O) groups excluding carboxylic acids is 1. The first-order valence-corrected chi connectivity index (χ1v) is 6.18. The van der Waals surface area contributed by atoms with Gasteiger partial charge in [-0.05, 0) is 30.5 Å². The molecule has 0 radical (unpaired) electrons. The first kappa shape index (κ1) is 14.6. The van der Waals surface area contributed by atoms with Crippen molar-refractivity contribution in [2.45, 2.75) is 26.3 Å².